The van der Waals surface area contributed by atoms with Gasteiger partial charge in [0.2, 0.25) is 0 Å². The molecule has 0 aliphatic heterocycles. The second-order valence-electron chi connectivity index (χ2n) is 8.10. The van der Waals surface area contributed by atoms with Crippen LogP contribution in [-0.2, 0) is 9.59 Å². The molecule has 0 radical (unpaired) electrons. The Kier molecular flexibility index (Phi) is 6.95. The number of nitrogens with one attached hydrogen (secondary N) is 3. The van der Waals surface area contributed by atoms with E-state index in [9.17, 15) is 14.4 Å². The summed E-state index contributed by atoms with van der Waals surface area (Å²) in [6.07, 6.45) is 0. The number of anilines is 2. The summed E-state index contributed by atoms with van der Waals surface area (Å²) in [5.41, 5.74) is 6.75. The smallest absolute Gasteiger partial charge is 0.320 e. The number of halogens is 2. The number of fused-ring (bicyclic) bond motifs is 1. The molecule has 3 aromatic carbocycles. The highest BCUT2D eigenvalue weighted by Crippen LogP contribution is 2.26. The van der Waals surface area contributed by atoms with Gasteiger partial charge in [0.15, 0.2) is 0 Å². The zero-order valence-electron chi connectivity index (χ0n) is 19.2. The quantitative estimate of drug-likeness (QED) is 0.273. The maximum Gasteiger partial charge on any atom is 0.328 e. The number of rotatable bonds is 4. The fourth-order valence-corrected chi connectivity index (χ4v) is 4.29. The summed E-state index contributed by atoms with van der Waals surface area (Å²) in [4.78, 5) is 38.9. The number of carbonyl (C=O) groups excluding carboxylic acids is 3. The van der Waals surface area contributed by atoms with Crippen molar-refractivity contribution in [2.24, 2.45) is 0 Å². The molecule has 4 aromatic rings. The highest BCUT2D eigenvalue weighted by molar-refractivity contribution is 9.10. The van der Waals surface area contributed by atoms with Crippen LogP contribution >= 0.6 is 27.5 Å². The van der Waals surface area contributed by atoms with Gasteiger partial charge in [-0.05, 0) is 73.9 Å². The number of amides is 3. The van der Waals surface area contributed by atoms with Gasteiger partial charge in [0, 0.05) is 26.3 Å². The SMILES string of the molecule is Cc1cccc(C)c1NC(=O)C(=O)Nn1c(C(=O)Nc2cccc(Cl)c2C)cc2cc(Br)ccc21. The molecular formula is C26H22BrClN4O3. The number of hydrogen-bond donors (Lipinski definition) is 3. The van der Waals surface area contributed by atoms with E-state index in [-0.39, 0.29) is 5.69 Å². The first kappa shape index (κ1) is 24.5. The van der Waals surface area contributed by atoms with E-state index in [0.29, 0.717) is 32.9 Å². The van der Waals surface area contributed by atoms with Crippen LogP contribution < -0.4 is 16.1 Å². The molecule has 0 fully saturated rings. The lowest BCUT2D eigenvalue weighted by Crippen LogP contribution is -2.36. The predicted molar refractivity (Wildman–Crippen MR) is 143 cm³/mol. The van der Waals surface area contributed by atoms with Crippen LogP contribution in [0.2, 0.25) is 5.02 Å². The molecule has 0 aliphatic carbocycles. The van der Waals surface area contributed by atoms with Crippen LogP contribution in [-0.4, -0.2) is 22.4 Å². The van der Waals surface area contributed by atoms with Gasteiger partial charge in [-0.25, -0.2) is 4.68 Å². The average molecular weight is 554 g/mol. The Bertz CT molecular complexity index is 1480. The van der Waals surface area contributed by atoms with Crippen LogP contribution in [0.15, 0.2) is 65.1 Å². The van der Waals surface area contributed by atoms with Crippen LogP contribution in [0.1, 0.15) is 27.2 Å². The van der Waals surface area contributed by atoms with Crippen LogP contribution in [0.5, 0.6) is 0 Å². The zero-order valence-corrected chi connectivity index (χ0v) is 21.5. The van der Waals surface area contributed by atoms with Crippen molar-refractivity contribution in [3.05, 3.63) is 92.5 Å². The van der Waals surface area contributed by atoms with Gasteiger partial charge in [0.1, 0.15) is 5.69 Å². The summed E-state index contributed by atoms with van der Waals surface area (Å²) in [6.45, 7) is 5.49. The van der Waals surface area contributed by atoms with E-state index < -0.39 is 17.7 Å². The molecule has 9 heteroatoms. The summed E-state index contributed by atoms with van der Waals surface area (Å²) in [5, 5.41) is 6.71. The minimum absolute atomic E-state index is 0.144. The first-order valence-corrected chi connectivity index (χ1v) is 11.9. The number of hydrogen-bond acceptors (Lipinski definition) is 3. The summed E-state index contributed by atoms with van der Waals surface area (Å²) in [7, 11) is 0. The van der Waals surface area contributed by atoms with Crippen LogP contribution in [0.25, 0.3) is 10.9 Å². The van der Waals surface area contributed by atoms with E-state index in [4.69, 9.17) is 11.6 Å². The molecule has 7 nitrogen and oxygen atoms in total. The van der Waals surface area contributed by atoms with Crippen molar-refractivity contribution in [2.45, 2.75) is 20.8 Å². The lowest BCUT2D eigenvalue weighted by molar-refractivity contribution is -0.133. The van der Waals surface area contributed by atoms with Gasteiger partial charge in [-0.1, -0.05) is 51.8 Å². The molecule has 3 amide bonds. The number of carbonyl (C=O) groups is 3. The maximum atomic E-state index is 13.2. The van der Waals surface area contributed by atoms with Crippen molar-refractivity contribution in [3.63, 3.8) is 0 Å². The minimum atomic E-state index is -0.916. The van der Waals surface area contributed by atoms with Gasteiger partial charge in [-0.3, -0.25) is 19.8 Å². The van der Waals surface area contributed by atoms with Gasteiger partial charge in [0.05, 0.1) is 5.52 Å². The van der Waals surface area contributed by atoms with Crippen molar-refractivity contribution in [1.82, 2.24) is 4.68 Å². The molecule has 0 aliphatic rings. The Balaban J connectivity index is 1.66. The predicted octanol–water partition coefficient (Wildman–Crippen LogP) is 5.94. The second-order valence-corrected chi connectivity index (χ2v) is 9.42. The maximum absolute atomic E-state index is 13.2. The van der Waals surface area contributed by atoms with E-state index in [1.807, 2.05) is 38.1 Å². The molecule has 1 heterocycles. The highest BCUT2D eigenvalue weighted by Gasteiger charge is 2.22. The molecule has 0 saturated heterocycles. The Morgan fingerprint density at radius 3 is 2.26 bits per heavy atom. The molecule has 0 atom stereocenters. The Hall–Kier alpha value is -3.62. The summed E-state index contributed by atoms with van der Waals surface area (Å²) in [6, 6.07) is 17.7. The third kappa shape index (κ3) is 5.08. The molecule has 35 heavy (non-hydrogen) atoms. The first-order valence-electron chi connectivity index (χ1n) is 10.7. The third-order valence-electron chi connectivity index (χ3n) is 5.65. The highest BCUT2D eigenvalue weighted by atomic mass is 79.9. The van der Waals surface area contributed by atoms with Crippen LogP contribution in [0.4, 0.5) is 11.4 Å². The van der Waals surface area contributed by atoms with E-state index in [0.717, 1.165) is 15.6 Å². The first-order chi connectivity index (χ1) is 16.7. The molecule has 0 saturated carbocycles. The van der Waals surface area contributed by atoms with Gasteiger partial charge in [0.25, 0.3) is 5.91 Å². The number of aromatic nitrogens is 1. The Morgan fingerprint density at radius 1 is 0.857 bits per heavy atom. The van der Waals surface area contributed by atoms with Gasteiger partial charge in [-0.2, -0.15) is 0 Å². The minimum Gasteiger partial charge on any atom is -0.320 e. The van der Waals surface area contributed by atoms with E-state index in [1.54, 1.807) is 43.3 Å². The standard InChI is InChI=1S/C26H22BrClN4O3/c1-14-6-4-7-15(2)23(14)30-25(34)26(35)31-32-21-11-10-18(27)12-17(21)13-22(32)24(33)29-20-9-5-8-19(28)16(20)3/h4-13H,1-3H3,(H,29,33)(H,30,34)(H,31,35). The number of para-hydroxylation sites is 1. The Morgan fingerprint density at radius 2 is 1.54 bits per heavy atom. The van der Waals surface area contributed by atoms with E-state index >= 15 is 0 Å². The summed E-state index contributed by atoms with van der Waals surface area (Å²) >= 11 is 9.61. The average Bonchev–Trinajstić information content (AvgIpc) is 3.16. The fourth-order valence-electron chi connectivity index (χ4n) is 3.74. The molecule has 4 rings (SSSR count). The number of aryl methyl sites for hydroxylation is 2. The Labute approximate surface area is 215 Å². The zero-order chi connectivity index (χ0) is 25.3. The molecule has 0 unspecified atom stereocenters. The third-order valence-corrected chi connectivity index (χ3v) is 6.55. The van der Waals surface area contributed by atoms with Crippen molar-refractivity contribution in [2.75, 3.05) is 16.1 Å². The van der Waals surface area contributed by atoms with Gasteiger partial charge >= 0.3 is 11.8 Å². The van der Waals surface area contributed by atoms with Crippen LogP contribution in [0.3, 0.4) is 0 Å². The molecular weight excluding hydrogens is 532 g/mol. The van der Waals surface area contributed by atoms with Crippen LogP contribution in [0, 0.1) is 20.8 Å². The van der Waals surface area contributed by atoms with Crippen molar-refractivity contribution >= 4 is 67.5 Å². The number of benzene rings is 3. The largest absolute Gasteiger partial charge is 0.328 e. The topological polar surface area (TPSA) is 92.2 Å². The molecule has 0 spiro atoms. The summed E-state index contributed by atoms with van der Waals surface area (Å²) in [5.74, 6) is -2.24. The van der Waals surface area contributed by atoms with Crippen molar-refractivity contribution in [3.8, 4) is 0 Å². The lowest BCUT2D eigenvalue weighted by atomic mass is 10.1. The fraction of sp³-hybridized carbons (Fsp3) is 0.115. The second kappa shape index (κ2) is 9.93. The van der Waals surface area contributed by atoms with E-state index in [2.05, 4.69) is 32.0 Å². The number of nitrogens with zero attached hydrogens (tertiary/aromatic N) is 1. The van der Waals surface area contributed by atoms with Crippen molar-refractivity contribution < 1.29 is 14.4 Å². The molecule has 178 valence electrons. The van der Waals surface area contributed by atoms with Crippen molar-refractivity contribution in [1.29, 1.82) is 0 Å². The van der Waals surface area contributed by atoms with Gasteiger partial charge < -0.3 is 10.6 Å². The normalized spacial score (nSPS) is 10.8. The van der Waals surface area contributed by atoms with E-state index in [1.165, 1.54) is 4.68 Å². The summed E-state index contributed by atoms with van der Waals surface area (Å²) < 4.78 is 2.11. The molecule has 3 N–H and O–H groups in total. The lowest BCUT2D eigenvalue weighted by Gasteiger charge is -2.15. The molecule has 1 aromatic heterocycles. The van der Waals surface area contributed by atoms with Gasteiger partial charge in [-0.15, -0.1) is 0 Å². The monoisotopic (exact) mass is 552 g/mol. The molecule has 0 bridgehead atoms.